The average Bonchev–Trinajstić information content (AvgIpc) is 2.17. The minimum Gasteiger partial charge on any atom is -0.481 e. The molecule has 0 bridgehead atoms. The fourth-order valence-electron chi connectivity index (χ4n) is 0.420. The van der Waals surface area contributed by atoms with Gasteiger partial charge in [0.05, 0.1) is 5.92 Å². The van der Waals surface area contributed by atoms with E-state index in [1.807, 2.05) is 0 Å². The van der Waals surface area contributed by atoms with Crippen LogP contribution in [0.5, 0.6) is 0 Å². The van der Waals surface area contributed by atoms with Crippen LogP contribution in [0.25, 0.3) is 0 Å². The van der Waals surface area contributed by atoms with Crippen LogP contribution in [0.4, 0.5) is 0 Å². The summed E-state index contributed by atoms with van der Waals surface area (Å²) in [6, 6.07) is 0. The first-order valence-electron chi connectivity index (χ1n) is 2.08. The maximum Gasteiger partial charge on any atom is 0.307 e. The van der Waals surface area contributed by atoms with Crippen molar-refractivity contribution in [1.82, 2.24) is 0 Å². The molecule has 1 saturated carbocycles. The minimum atomic E-state index is -0.679. The molecule has 0 saturated heterocycles. The quantitative estimate of drug-likeness (QED) is 0.585. The van der Waals surface area contributed by atoms with Crippen LogP contribution in [0.15, 0.2) is 0 Å². The summed E-state index contributed by atoms with van der Waals surface area (Å²) in [5.74, 6) is -0.776. The zero-order valence-corrected chi connectivity index (χ0v) is 5.18. The molecule has 1 N–H and O–H groups in total. The number of rotatable bonds is 1. The highest BCUT2D eigenvalue weighted by atomic mass is 79.9. The molecule has 0 aromatic heterocycles. The molecule has 1 aliphatic rings. The van der Waals surface area contributed by atoms with E-state index in [9.17, 15) is 4.79 Å². The monoisotopic (exact) mass is 164 g/mol. The summed E-state index contributed by atoms with van der Waals surface area (Å²) < 4.78 is 0. The molecule has 0 aromatic rings. The van der Waals surface area contributed by atoms with Gasteiger partial charge in [0.2, 0.25) is 0 Å². The SMILES string of the molecule is O=C(O)[C@H]1C[C@H]1Br. The van der Waals surface area contributed by atoms with E-state index in [0.717, 1.165) is 6.42 Å². The molecule has 3 heteroatoms. The Bertz CT molecular complexity index is 102. The van der Waals surface area contributed by atoms with Crippen LogP contribution in [-0.4, -0.2) is 15.9 Å². The molecule has 40 valence electrons. The van der Waals surface area contributed by atoms with Crippen molar-refractivity contribution in [3.8, 4) is 0 Å². The van der Waals surface area contributed by atoms with E-state index < -0.39 is 5.97 Å². The van der Waals surface area contributed by atoms with E-state index in [1.165, 1.54) is 0 Å². The van der Waals surface area contributed by atoms with Crippen LogP contribution in [0.1, 0.15) is 6.42 Å². The Morgan fingerprint density at radius 2 is 2.29 bits per heavy atom. The number of carbonyl (C=O) groups is 1. The van der Waals surface area contributed by atoms with Crippen molar-refractivity contribution in [1.29, 1.82) is 0 Å². The van der Waals surface area contributed by atoms with E-state index in [4.69, 9.17) is 5.11 Å². The molecule has 0 amide bonds. The summed E-state index contributed by atoms with van der Waals surface area (Å²) in [6.45, 7) is 0. The highest BCUT2D eigenvalue weighted by Crippen LogP contribution is 2.37. The number of carboxylic acids is 1. The summed E-state index contributed by atoms with van der Waals surface area (Å²) >= 11 is 3.17. The molecule has 1 fully saturated rings. The van der Waals surface area contributed by atoms with Gasteiger partial charge in [-0.2, -0.15) is 0 Å². The molecule has 0 aliphatic heterocycles. The lowest BCUT2D eigenvalue weighted by Crippen LogP contribution is -1.97. The summed E-state index contributed by atoms with van der Waals surface area (Å²) in [5.41, 5.74) is 0. The van der Waals surface area contributed by atoms with Gasteiger partial charge in [-0.15, -0.1) is 0 Å². The third-order valence-corrected chi connectivity index (χ3v) is 2.04. The Balaban J connectivity index is 2.33. The largest absolute Gasteiger partial charge is 0.481 e. The van der Waals surface area contributed by atoms with Gasteiger partial charge in [0.15, 0.2) is 0 Å². The average molecular weight is 165 g/mol. The number of aliphatic carboxylic acids is 1. The first kappa shape index (κ1) is 5.09. The first-order valence-corrected chi connectivity index (χ1v) is 3.00. The highest BCUT2D eigenvalue weighted by molar-refractivity contribution is 9.09. The first-order chi connectivity index (χ1) is 3.22. The molecule has 0 heterocycles. The topological polar surface area (TPSA) is 37.3 Å². The van der Waals surface area contributed by atoms with Crippen LogP contribution in [-0.2, 0) is 4.79 Å². The normalized spacial score (nSPS) is 37.9. The second kappa shape index (κ2) is 1.47. The Hall–Kier alpha value is -0.0500. The Labute approximate surface area is 49.7 Å². The molecule has 0 unspecified atom stereocenters. The van der Waals surface area contributed by atoms with Crippen molar-refractivity contribution >= 4 is 21.9 Å². The van der Waals surface area contributed by atoms with Gasteiger partial charge >= 0.3 is 5.97 Å². The van der Waals surface area contributed by atoms with Gasteiger partial charge in [-0.05, 0) is 6.42 Å². The number of hydrogen-bond acceptors (Lipinski definition) is 1. The molecule has 0 radical (unpaired) electrons. The van der Waals surface area contributed by atoms with Crippen molar-refractivity contribution in [3.05, 3.63) is 0 Å². The maximum absolute atomic E-state index is 9.94. The molecular weight excluding hydrogens is 160 g/mol. The second-order valence-corrected chi connectivity index (χ2v) is 2.87. The Morgan fingerprint density at radius 3 is 2.29 bits per heavy atom. The van der Waals surface area contributed by atoms with E-state index >= 15 is 0 Å². The predicted octanol–water partition coefficient (Wildman–Crippen LogP) is 0.854. The zero-order valence-electron chi connectivity index (χ0n) is 3.60. The highest BCUT2D eigenvalue weighted by Gasteiger charge is 2.40. The molecule has 7 heavy (non-hydrogen) atoms. The summed E-state index contributed by atoms with van der Waals surface area (Å²) in [7, 11) is 0. The molecule has 2 nitrogen and oxygen atoms in total. The second-order valence-electron chi connectivity index (χ2n) is 1.70. The van der Waals surface area contributed by atoms with Crippen molar-refractivity contribution in [2.45, 2.75) is 11.2 Å². The van der Waals surface area contributed by atoms with Crippen molar-refractivity contribution in [2.24, 2.45) is 5.92 Å². The fourth-order valence-corrected chi connectivity index (χ4v) is 1.05. The smallest absolute Gasteiger partial charge is 0.307 e. The standard InChI is InChI=1S/C4H5BrO2/c5-3-1-2(3)4(6)7/h2-3H,1H2,(H,6,7)/t2-,3+/m0/s1. The lowest BCUT2D eigenvalue weighted by atomic mass is 10.5. The van der Waals surface area contributed by atoms with Gasteiger partial charge in [-0.3, -0.25) is 4.79 Å². The van der Waals surface area contributed by atoms with E-state index in [2.05, 4.69) is 15.9 Å². The summed E-state index contributed by atoms with van der Waals surface area (Å²) in [6.07, 6.45) is 0.801. The number of carboxylic acid groups (broad SMARTS) is 1. The Kier molecular flexibility index (Phi) is 1.07. The van der Waals surface area contributed by atoms with Gasteiger partial charge in [-0.1, -0.05) is 15.9 Å². The van der Waals surface area contributed by atoms with Crippen LogP contribution in [0.2, 0.25) is 0 Å². The third-order valence-electron chi connectivity index (χ3n) is 1.03. The number of halogens is 1. The molecule has 1 aliphatic carbocycles. The molecular formula is C4H5BrO2. The zero-order chi connectivity index (χ0) is 5.44. The fraction of sp³-hybridized carbons (Fsp3) is 0.750. The number of hydrogen-bond donors (Lipinski definition) is 1. The van der Waals surface area contributed by atoms with Crippen LogP contribution < -0.4 is 0 Å². The van der Waals surface area contributed by atoms with Gasteiger partial charge in [-0.25, -0.2) is 0 Å². The molecule has 1 rings (SSSR count). The maximum atomic E-state index is 9.94. The minimum absolute atomic E-state index is 0.0972. The van der Waals surface area contributed by atoms with Gasteiger partial charge < -0.3 is 5.11 Å². The van der Waals surface area contributed by atoms with Crippen LogP contribution in [0.3, 0.4) is 0 Å². The van der Waals surface area contributed by atoms with E-state index in [-0.39, 0.29) is 10.7 Å². The van der Waals surface area contributed by atoms with E-state index in [1.54, 1.807) is 0 Å². The van der Waals surface area contributed by atoms with Crippen LogP contribution >= 0.6 is 15.9 Å². The van der Waals surface area contributed by atoms with Gasteiger partial charge in [0.1, 0.15) is 0 Å². The number of alkyl halides is 1. The predicted molar refractivity (Wildman–Crippen MR) is 28.5 cm³/mol. The van der Waals surface area contributed by atoms with Crippen molar-refractivity contribution in [3.63, 3.8) is 0 Å². The van der Waals surface area contributed by atoms with E-state index in [0.29, 0.717) is 0 Å². The van der Waals surface area contributed by atoms with Crippen molar-refractivity contribution in [2.75, 3.05) is 0 Å². The molecule has 0 spiro atoms. The summed E-state index contributed by atoms with van der Waals surface area (Å²) in [5, 5.41) is 8.19. The van der Waals surface area contributed by atoms with Crippen LogP contribution in [0, 0.1) is 5.92 Å². The summed E-state index contributed by atoms with van der Waals surface area (Å²) in [4.78, 5) is 10.2. The molecule has 2 atom stereocenters. The lowest BCUT2D eigenvalue weighted by Gasteiger charge is -1.78. The van der Waals surface area contributed by atoms with Crippen molar-refractivity contribution < 1.29 is 9.90 Å². The lowest BCUT2D eigenvalue weighted by molar-refractivity contribution is -0.138. The van der Waals surface area contributed by atoms with Gasteiger partial charge in [0.25, 0.3) is 0 Å². The third kappa shape index (κ3) is 0.938. The Morgan fingerprint density at radius 1 is 1.86 bits per heavy atom. The van der Waals surface area contributed by atoms with Gasteiger partial charge in [0, 0.05) is 4.83 Å². The molecule has 0 aromatic carbocycles.